The lowest BCUT2D eigenvalue weighted by Crippen LogP contribution is -2.43. The molecule has 0 radical (unpaired) electrons. The maximum Gasteiger partial charge on any atom is 0.119 e. The summed E-state index contributed by atoms with van der Waals surface area (Å²) in [5.74, 6) is 1.54. The van der Waals surface area contributed by atoms with Gasteiger partial charge in [-0.25, -0.2) is 0 Å². The zero-order valence-corrected chi connectivity index (χ0v) is 14.8. The zero-order valence-electron chi connectivity index (χ0n) is 14.8. The first-order chi connectivity index (χ1) is 10.5. The number of benzene rings is 1. The molecule has 0 unspecified atom stereocenters. The molecule has 0 aliphatic carbocycles. The van der Waals surface area contributed by atoms with Crippen LogP contribution in [-0.2, 0) is 0 Å². The highest BCUT2D eigenvalue weighted by atomic mass is 16.5. The molecule has 124 valence electrons. The average Bonchev–Trinajstić information content (AvgIpc) is 2.47. The van der Waals surface area contributed by atoms with Gasteiger partial charge < -0.3 is 15.0 Å². The number of nitrogens with one attached hydrogen (secondary N) is 1. The van der Waals surface area contributed by atoms with Gasteiger partial charge >= 0.3 is 0 Å². The Balaban J connectivity index is 2.01. The molecule has 1 N–H and O–H groups in total. The minimum atomic E-state index is 0.226. The minimum Gasteiger partial charge on any atom is -0.491 e. The third-order valence-corrected chi connectivity index (χ3v) is 4.41. The van der Waals surface area contributed by atoms with Crippen molar-refractivity contribution in [2.75, 3.05) is 20.1 Å². The van der Waals surface area contributed by atoms with E-state index in [1.807, 2.05) is 0 Å². The molecule has 1 heterocycles. The summed E-state index contributed by atoms with van der Waals surface area (Å²) in [5, 5.41) is 3.88. The molecule has 1 fully saturated rings. The van der Waals surface area contributed by atoms with E-state index in [4.69, 9.17) is 4.74 Å². The number of likely N-dealkylation sites (tertiary alicyclic amines) is 1. The molecule has 1 atom stereocenters. The third-order valence-electron chi connectivity index (χ3n) is 4.41. The average molecular weight is 304 g/mol. The van der Waals surface area contributed by atoms with Gasteiger partial charge in [-0.1, -0.05) is 26.0 Å². The molecule has 0 saturated carbocycles. The van der Waals surface area contributed by atoms with E-state index >= 15 is 0 Å². The zero-order chi connectivity index (χ0) is 16.1. The van der Waals surface area contributed by atoms with E-state index in [1.54, 1.807) is 0 Å². The number of nitrogens with zero attached hydrogens (tertiary/aromatic N) is 1. The third kappa shape index (κ3) is 4.99. The van der Waals surface area contributed by atoms with Crippen LogP contribution in [0.4, 0.5) is 0 Å². The van der Waals surface area contributed by atoms with Crippen molar-refractivity contribution >= 4 is 0 Å². The Morgan fingerprint density at radius 3 is 2.14 bits per heavy atom. The molecule has 0 bridgehead atoms. The van der Waals surface area contributed by atoms with Crippen molar-refractivity contribution in [2.45, 2.75) is 58.7 Å². The molecule has 1 aliphatic rings. The normalized spacial score (nSPS) is 18.9. The predicted octanol–water partition coefficient (Wildman–Crippen LogP) is 3.85. The first kappa shape index (κ1) is 17.3. The minimum absolute atomic E-state index is 0.226. The molecule has 0 spiro atoms. The highest BCUT2D eigenvalue weighted by molar-refractivity contribution is 5.29. The molecular formula is C19H32N2O. The lowest BCUT2D eigenvalue weighted by molar-refractivity contribution is 0.214. The van der Waals surface area contributed by atoms with Crippen molar-refractivity contribution in [1.29, 1.82) is 0 Å². The summed E-state index contributed by atoms with van der Waals surface area (Å²) in [6.45, 7) is 11.1. The number of hydrogen-bond acceptors (Lipinski definition) is 3. The standard InChI is InChI=1S/C19H32N2O/c1-14(2)19(20-17-10-12-21(5)13-11-17)16-6-8-18(9-7-16)22-15(3)4/h6-9,14-15,17,19-20H,10-13H2,1-5H3/t19-/m1/s1. The largest absolute Gasteiger partial charge is 0.491 e. The fourth-order valence-corrected chi connectivity index (χ4v) is 3.13. The van der Waals surface area contributed by atoms with Gasteiger partial charge in [-0.15, -0.1) is 0 Å². The highest BCUT2D eigenvalue weighted by Crippen LogP contribution is 2.26. The Morgan fingerprint density at radius 2 is 1.64 bits per heavy atom. The lowest BCUT2D eigenvalue weighted by Gasteiger charge is -2.34. The molecule has 1 aromatic carbocycles. The first-order valence-electron chi connectivity index (χ1n) is 8.67. The van der Waals surface area contributed by atoms with E-state index in [0.717, 1.165) is 5.75 Å². The second kappa shape index (κ2) is 7.98. The molecule has 1 aliphatic heterocycles. The summed E-state index contributed by atoms with van der Waals surface area (Å²) < 4.78 is 5.75. The van der Waals surface area contributed by atoms with Crippen LogP contribution in [0, 0.1) is 5.92 Å². The Labute approximate surface area is 136 Å². The van der Waals surface area contributed by atoms with Gasteiger partial charge in [0.1, 0.15) is 5.75 Å². The molecular weight excluding hydrogens is 272 g/mol. The van der Waals surface area contributed by atoms with Crippen LogP contribution in [0.3, 0.4) is 0 Å². The number of hydrogen-bond donors (Lipinski definition) is 1. The molecule has 0 amide bonds. The Kier molecular flexibility index (Phi) is 6.27. The quantitative estimate of drug-likeness (QED) is 0.864. The molecule has 3 nitrogen and oxygen atoms in total. The van der Waals surface area contributed by atoms with Gasteiger partial charge in [0.25, 0.3) is 0 Å². The maximum atomic E-state index is 5.75. The Morgan fingerprint density at radius 1 is 1.05 bits per heavy atom. The molecule has 0 aromatic heterocycles. The van der Waals surface area contributed by atoms with Crippen molar-refractivity contribution in [3.8, 4) is 5.75 Å². The van der Waals surface area contributed by atoms with Gasteiger partial charge in [0.05, 0.1) is 6.10 Å². The molecule has 1 saturated heterocycles. The van der Waals surface area contributed by atoms with Crippen LogP contribution >= 0.6 is 0 Å². The monoisotopic (exact) mass is 304 g/mol. The highest BCUT2D eigenvalue weighted by Gasteiger charge is 2.23. The second-order valence-electron chi connectivity index (χ2n) is 7.20. The van der Waals surface area contributed by atoms with Crippen molar-refractivity contribution in [2.24, 2.45) is 5.92 Å². The fraction of sp³-hybridized carbons (Fsp3) is 0.684. The second-order valence-corrected chi connectivity index (χ2v) is 7.20. The number of ether oxygens (including phenoxy) is 1. The summed E-state index contributed by atoms with van der Waals surface area (Å²) in [7, 11) is 2.21. The maximum absolute atomic E-state index is 5.75. The van der Waals surface area contributed by atoms with Crippen LogP contribution in [0.25, 0.3) is 0 Å². The van der Waals surface area contributed by atoms with E-state index in [0.29, 0.717) is 18.0 Å². The number of rotatable bonds is 6. The van der Waals surface area contributed by atoms with Gasteiger partial charge in [0.2, 0.25) is 0 Å². The van der Waals surface area contributed by atoms with Crippen LogP contribution < -0.4 is 10.1 Å². The van der Waals surface area contributed by atoms with Crippen molar-refractivity contribution in [3.63, 3.8) is 0 Å². The predicted molar refractivity (Wildman–Crippen MR) is 93.4 cm³/mol. The summed E-state index contributed by atoms with van der Waals surface area (Å²) in [6.07, 6.45) is 2.71. The van der Waals surface area contributed by atoms with Crippen LogP contribution in [0.15, 0.2) is 24.3 Å². The summed E-state index contributed by atoms with van der Waals surface area (Å²) in [4.78, 5) is 2.42. The Hall–Kier alpha value is -1.06. The SMILES string of the molecule is CC(C)Oc1ccc([C@H](NC2CCN(C)CC2)C(C)C)cc1. The van der Waals surface area contributed by atoms with E-state index in [2.05, 4.69) is 69.2 Å². The van der Waals surface area contributed by atoms with Crippen LogP contribution in [0.1, 0.15) is 52.1 Å². The van der Waals surface area contributed by atoms with Gasteiger partial charge in [-0.2, -0.15) is 0 Å². The molecule has 1 aromatic rings. The van der Waals surface area contributed by atoms with E-state index in [1.165, 1.54) is 31.5 Å². The van der Waals surface area contributed by atoms with Crippen molar-refractivity contribution < 1.29 is 4.74 Å². The molecule has 3 heteroatoms. The van der Waals surface area contributed by atoms with Crippen LogP contribution in [0.2, 0.25) is 0 Å². The van der Waals surface area contributed by atoms with E-state index in [9.17, 15) is 0 Å². The van der Waals surface area contributed by atoms with Gasteiger partial charge in [0, 0.05) is 12.1 Å². The summed E-state index contributed by atoms with van der Waals surface area (Å²) in [5.41, 5.74) is 1.37. The summed E-state index contributed by atoms with van der Waals surface area (Å²) >= 11 is 0. The van der Waals surface area contributed by atoms with Crippen molar-refractivity contribution in [1.82, 2.24) is 10.2 Å². The van der Waals surface area contributed by atoms with Crippen LogP contribution in [-0.4, -0.2) is 37.2 Å². The number of piperidine rings is 1. The van der Waals surface area contributed by atoms with Crippen LogP contribution in [0.5, 0.6) is 5.75 Å². The van der Waals surface area contributed by atoms with Gasteiger partial charge in [0.15, 0.2) is 0 Å². The molecule has 2 rings (SSSR count). The fourth-order valence-electron chi connectivity index (χ4n) is 3.13. The summed E-state index contributed by atoms with van der Waals surface area (Å²) in [6, 6.07) is 9.67. The first-order valence-corrected chi connectivity index (χ1v) is 8.67. The smallest absolute Gasteiger partial charge is 0.119 e. The topological polar surface area (TPSA) is 24.5 Å². The lowest BCUT2D eigenvalue weighted by atomic mass is 9.93. The van der Waals surface area contributed by atoms with Gasteiger partial charge in [-0.05, 0) is 70.4 Å². The molecule has 22 heavy (non-hydrogen) atoms. The van der Waals surface area contributed by atoms with E-state index < -0.39 is 0 Å². The van der Waals surface area contributed by atoms with Gasteiger partial charge in [-0.3, -0.25) is 0 Å². The van der Waals surface area contributed by atoms with E-state index in [-0.39, 0.29) is 6.10 Å². The van der Waals surface area contributed by atoms with Crippen molar-refractivity contribution in [3.05, 3.63) is 29.8 Å². The Bertz CT molecular complexity index is 433.